The van der Waals surface area contributed by atoms with Crippen molar-refractivity contribution < 1.29 is 4.74 Å². The highest BCUT2D eigenvalue weighted by atomic mass is 28.3. The molecular formula is C72H66N4OSi+2. The van der Waals surface area contributed by atoms with Crippen molar-refractivity contribution in [2.75, 3.05) is 0 Å². The molecule has 0 saturated heterocycles. The number of aromatic nitrogens is 2. The summed E-state index contributed by atoms with van der Waals surface area (Å²) in [7, 11) is -2.84. The van der Waals surface area contributed by atoms with Crippen molar-refractivity contribution in [1.29, 1.82) is 0 Å². The molecule has 1 aliphatic heterocycles. The van der Waals surface area contributed by atoms with E-state index in [1.54, 1.807) is 0 Å². The van der Waals surface area contributed by atoms with Crippen LogP contribution < -0.4 is 34.6 Å². The first-order valence-corrected chi connectivity index (χ1v) is 29.3. The molecule has 12 rings (SSSR count). The molecule has 3 heterocycles. The van der Waals surface area contributed by atoms with Crippen molar-refractivity contribution in [3.63, 3.8) is 0 Å². The van der Waals surface area contributed by atoms with Crippen LogP contribution in [0.1, 0.15) is 79.0 Å². The van der Waals surface area contributed by atoms with Gasteiger partial charge in [0.05, 0.1) is 22.7 Å². The maximum Gasteiger partial charge on any atom is 0.503 e. The van der Waals surface area contributed by atoms with E-state index in [1.165, 1.54) is 42.8 Å². The summed E-state index contributed by atoms with van der Waals surface area (Å²) in [6.45, 7) is 20.6. The first kappa shape index (κ1) is 50.2. The lowest BCUT2D eigenvalue weighted by Gasteiger charge is -2.34. The first-order chi connectivity index (χ1) is 37.6. The topological polar surface area (TPSA) is 33.1 Å². The summed E-state index contributed by atoms with van der Waals surface area (Å²) in [6.07, 6.45) is 1.93. The molecule has 0 radical (unpaired) electrons. The Morgan fingerprint density at radius 1 is 0.423 bits per heavy atom. The van der Waals surface area contributed by atoms with Crippen LogP contribution in [0.3, 0.4) is 0 Å². The number of pyridine rings is 1. The molecule has 0 amide bonds. The number of hydrogen-bond acceptors (Lipinski definition) is 2. The third-order valence-corrected chi connectivity index (χ3v) is 20.4. The average Bonchev–Trinajstić information content (AvgIpc) is 4.20. The van der Waals surface area contributed by atoms with E-state index < -0.39 is 8.07 Å². The van der Waals surface area contributed by atoms with Gasteiger partial charge in [0.15, 0.2) is 8.07 Å². The van der Waals surface area contributed by atoms with Gasteiger partial charge in [-0.1, -0.05) is 214 Å². The molecule has 9 aromatic carbocycles. The zero-order valence-corrected chi connectivity index (χ0v) is 47.2. The van der Waals surface area contributed by atoms with Crippen LogP contribution in [0.2, 0.25) is 0 Å². The Labute approximate surface area is 460 Å². The summed E-state index contributed by atoms with van der Waals surface area (Å²) < 4.78 is 13.7. The molecule has 0 aliphatic carbocycles. The van der Waals surface area contributed by atoms with Gasteiger partial charge in [0.2, 0.25) is 11.4 Å². The van der Waals surface area contributed by atoms with Crippen LogP contribution >= 0.6 is 0 Å². The smallest absolute Gasteiger partial charge is 0.457 e. The number of ether oxygens (including phenoxy) is 1. The number of hydrogen-bond donors (Lipinski definition) is 0. The highest BCUT2D eigenvalue weighted by Gasteiger charge is 2.44. The summed E-state index contributed by atoms with van der Waals surface area (Å²) in [4.78, 5) is 4.93. The SMILES string of the molecule is CC(C)(C)c1cc([N+]2=C=[N+](c3cccc(Oc4ccc5c6ccccc6n(-c6cc(C(C)(C)C)ccn6)c5c4)c3)c3cccc(-c4cccc([Si](c5ccccc5)(c5ccccc5)c5ccccc5)c4)c32)cc(C(C)(C)C)c1. The van der Waals surface area contributed by atoms with Crippen LogP contribution in [-0.4, -0.2) is 23.6 Å². The van der Waals surface area contributed by atoms with Gasteiger partial charge >= 0.3 is 11.7 Å². The number of fused-ring (bicyclic) bond motifs is 4. The van der Waals surface area contributed by atoms with E-state index in [0.717, 1.165) is 67.6 Å². The summed E-state index contributed by atoms with van der Waals surface area (Å²) in [5.74, 6) is 2.35. The lowest BCUT2D eigenvalue weighted by molar-refractivity contribution is 0.483. The summed E-state index contributed by atoms with van der Waals surface area (Å²) in [6, 6.07) is 88.4. The van der Waals surface area contributed by atoms with E-state index in [1.807, 2.05) is 12.3 Å². The van der Waals surface area contributed by atoms with Gasteiger partial charge < -0.3 is 4.74 Å². The minimum Gasteiger partial charge on any atom is -0.457 e. The van der Waals surface area contributed by atoms with Crippen LogP contribution in [0.25, 0.3) is 38.8 Å². The van der Waals surface area contributed by atoms with Gasteiger partial charge in [-0.2, -0.15) is 0 Å². The Morgan fingerprint density at radius 3 is 1.63 bits per heavy atom. The third kappa shape index (κ3) is 9.01. The van der Waals surface area contributed by atoms with Crippen molar-refractivity contribution in [2.45, 2.75) is 78.6 Å². The predicted molar refractivity (Wildman–Crippen MR) is 331 cm³/mol. The fraction of sp³-hybridized carbons (Fsp3) is 0.167. The molecule has 11 aromatic rings. The monoisotopic (exact) mass is 1030 g/mol. The second kappa shape index (κ2) is 19.4. The molecule has 1 aliphatic rings. The number of nitrogens with zero attached hydrogens (tertiary/aromatic N) is 4. The Balaban J connectivity index is 1.02. The van der Waals surface area contributed by atoms with Crippen molar-refractivity contribution in [1.82, 2.24) is 18.7 Å². The molecule has 6 heteroatoms. The van der Waals surface area contributed by atoms with E-state index in [4.69, 9.17) is 9.72 Å². The highest BCUT2D eigenvalue weighted by molar-refractivity contribution is 7.19. The van der Waals surface area contributed by atoms with Crippen LogP contribution in [0.15, 0.2) is 237 Å². The van der Waals surface area contributed by atoms with Crippen LogP contribution in [-0.2, 0) is 16.2 Å². The standard InChI is InChI=1S/C72H66N4OSi/c1-70(2,3)51-40-41-73-68(46-51)76-65-36-20-19-34-63(65)64-39-38-57(48-67(64)76)77-56-26-22-25-54(47-56)74-49-75(55-44-52(71(4,5)6)43-53(45-55)72(7,8)9)69-62(35-23-37-66(69)74)50-24-21-33-61(42-50)78(58-27-13-10-14-28-58,59-29-15-11-16-30-59)60-31-17-12-18-32-60/h10-48H,1-9H3/q+2. The molecule has 0 fully saturated rings. The number of para-hydroxylation sites is 2. The van der Waals surface area contributed by atoms with Crippen molar-refractivity contribution in [3.05, 3.63) is 253 Å². The van der Waals surface area contributed by atoms with E-state index in [9.17, 15) is 0 Å². The molecular weight excluding hydrogens is 965 g/mol. The van der Waals surface area contributed by atoms with Gasteiger partial charge in [-0.05, 0) is 111 Å². The Morgan fingerprint density at radius 2 is 0.987 bits per heavy atom. The van der Waals surface area contributed by atoms with E-state index in [2.05, 4.69) is 306 Å². The minimum atomic E-state index is -2.84. The van der Waals surface area contributed by atoms with Crippen LogP contribution in [0, 0.1) is 0 Å². The van der Waals surface area contributed by atoms with E-state index in [0.29, 0.717) is 0 Å². The van der Waals surface area contributed by atoms with Gasteiger partial charge in [-0.25, -0.2) is 4.98 Å². The first-order valence-electron chi connectivity index (χ1n) is 27.3. The molecule has 382 valence electrons. The van der Waals surface area contributed by atoms with Crippen molar-refractivity contribution >= 4 is 79.4 Å². The Kier molecular flexibility index (Phi) is 12.5. The van der Waals surface area contributed by atoms with Crippen molar-refractivity contribution in [3.8, 4) is 28.4 Å². The minimum absolute atomic E-state index is 0.0297. The van der Waals surface area contributed by atoms with Crippen LogP contribution in [0.4, 0.5) is 22.7 Å². The summed E-state index contributed by atoms with van der Waals surface area (Å²) in [5, 5.41) is 7.66. The molecule has 0 bridgehead atoms. The maximum absolute atomic E-state index is 6.91. The molecule has 78 heavy (non-hydrogen) atoms. The van der Waals surface area contributed by atoms with E-state index in [-0.39, 0.29) is 16.2 Å². The third-order valence-electron chi connectivity index (χ3n) is 15.6. The van der Waals surface area contributed by atoms with Gasteiger partial charge in [0, 0.05) is 47.3 Å². The molecule has 2 aromatic heterocycles. The average molecular weight is 1030 g/mol. The van der Waals surface area contributed by atoms with Gasteiger partial charge in [0.25, 0.3) is 5.69 Å². The largest absolute Gasteiger partial charge is 0.503 e. The summed E-state index contributed by atoms with van der Waals surface area (Å²) >= 11 is 0. The number of rotatable bonds is 10. The predicted octanol–water partition coefficient (Wildman–Crippen LogP) is 15.8. The molecule has 0 unspecified atom stereocenters. The number of benzene rings is 9. The normalized spacial score (nSPS) is 12.9. The maximum atomic E-state index is 6.91. The molecule has 5 nitrogen and oxygen atoms in total. The summed E-state index contributed by atoms with van der Waals surface area (Å²) in [5.41, 5.74) is 12.1. The second-order valence-electron chi connectivity index (χ2n) is 23.9. The zero-order chi connectivity index (χ0) is 54.0. The Bertz CT molecular complexity index is 4020. The highest BCUT2D eigenvalue weighted by Crippen LogP contribution is 2.45. The fourth-order valence-electron chi connectivity index (χ4n) is 11.4. The molecule has 0 spiro atoms. The van der Waals surface area contributed by atoms with E-state index >= 15 is 0 Å². The fourth-order valence-corrected chi connectivity index (χ4v) is 16.2. The molecule has 0 N–H and O–H groups in total. The van der Waals surface area contributed by atoms with Gasteiger partial charge in [-0.3, -0.25) is 4.57 Å². The zero-order valence-electron chi connectivity index (χ0n) is 46.2. The molecule has 0 saturated carbocycles. The van der Waals surface area contributed by atoms with Crippen LogP contribution in [0.5, 0.6) is 11.5 Å². The second-order valence-corrected chi connectivity index (χ2v) is 27.7. The van der Waals surface area contributed by atoms with Crippen molar-refractivity contribution in [2.24, 2.45) is 0 Å². The molecule has 0 atom stereocenters. The Hall–Kier alpha value is -8.67. The lowest BCUT2D eigenvalue weighted by atomic mass is 9.80. The quantitative estimate of drug-likeness (QED) is 0.0777. The van der Waals surface area contributed by atoms with Gasteiger partial charge in [0.1, 0.15) is 17.3 Å². The lowest BCUT2D eigenvalue weighted by Crippen LogP contribution is -2.74. The van der Waals surface area contributed by atoms with Gasteiger partial charge in [-0.15, -0.1) is 0 Å².